The minimum Gasteiger partial charge on any atom is -0.347 e. The Labute approximate surface area is 156 Å². The van der Waals surface area contributed by atoms with Crippen LogP contribution in [0.4, 0.5) is 8.78 Å². The van der Waals surface area contributed by atoms with E-state index < -0.39 is 27.4 Å². The molecule has 1 fully saturated rings. The average molecular weight is 394 g/mol. The quantitative estimate of drug-likeness (QED) is 0.866. The minimum atomic E-state index is -3.56. The van der Waals surface area contributed by atoms with Gasteiger partial charge in [-0.25, -0.2) is 17.2 Å². The summed E-state index contributed by atoms with van der Waals surface area (Å²) in [5.41, 5.74) is 0.620. The van der Waals surface area contributed by atoms with E-state index in [9.17, 15) is 22.0 Å². The van der Waals surface area contributed by atoms with Crippen molar-refractivity contribution in [2.75, 3.05) is 19.8 Å². The number of sulfone groups is 1. The van der Waals surface area contributed by atoms with Gasteiger partial charge in [-0.1, -0.05) is 18.2 Å². The summed E-state index contributed by atoms with van der Waals surface area (Å²) in [5, 5.41) is 2.86. The highest BCUT2D eigenvalue weighted by molar-refractivity contribution is 7.90. The number of nitrogens with one attached hydrogen (secondary N) is 1. The first-order valence-electron chi connectivity index (χ1n) is 8.43. The molecule has 0 saturated carbocycles. The van der Waals surface area contributed by atoms with E-state index in [-0.39, 0.29) is 22.5 Å². The molecule has 1 aliphatic heterocycles. The maximum atomic E-state index is 13.7. The van der Waals surface area contributed by atoms with Gasteiger partial charge >= 0.3 is 0 Å². The number of hydrogen-bond donors (Lipinski definition) is 1. The van der Waals surface area contributed by atoms with Crippen molar-refractivity contribution < 1.29 is 22.0 Å². The summed E-state index contributed by atoms with van der Waals surface area (Å²) in [4.78, 5) is 14.6. The molecule has 2 aromatic rings. The van der Waals surface area contributed by atoms with Crippen LogP contribution in [0, 0.1) is 11.6 Å². The molecule has 8 heteroatoms. The van der Waals surface area contributed by atoms with Gasteiger partial charge in [0.25, 0.3) is 5.91 Å². The van der Waals surface area contributed by atoms with Gasteiger partial charge in [-0.05, 0) is 43.3 Å². The topological polar surface area (TPSA) is 66.5 Å². The van der Waals surface area contributed by atoms with Gasteiger partial charge in [-0.2, -0.15) is 0 Å². The largest absolute Gasteiger partial charge is 0.347 e. The molecule has 27 heavy (non-hydrogen) atoms. The summed E-state index contributed by atoms with van der Waals surface area (Å²) < 4.78 is 50.8. The molecule has 1 saturated heterocycles. The van der Waals surface area contributed by atoms with Crippen LogP contribution in [-0.2, 0) is 9.84 Å². The van der Waals surface area contributed by atoms with E-state index in [0.29, 0.717) is 18.5 Å². The van der Waals surface area contributed by atoms with Crippen LogP contribution >= 0.6 is 0 Å². The Morgan fingerprint density at radius 2 is 1.85 bits per heavy atom. The van der Waals surface area contributed by atoms with Crippen LogP contribution in [-0.4, -0.2) is 45.1 Å². The van der Waals surface area contributed by atoms with Gasteiger partial charge in [-0.15, -0.1) is 0 Å². The number of likely N-dealkylation sites (tertiary alicyclic amines) is 1. The highest BCUT2D eigenvalue weighted by Gasteiger charge is 2.35. The third kappa shape index (κ3) is 4.01. The Kier molecular flexibility index (Phi) is 5.30. The lowest BCUT2D eigenvalue weighted by atomic mass is 9.99. The fourth-order valence-electron chi connectivity index (χ4n) is 3.50. The summed E-state index contributed by atoms with van der Waals surface area (Å²) in [5.74, 6) is -2.38. The number of likely N-dealkylation sites (N-methyl/N-ethyl adjacent to an activating group) is 1. The van der Waals surface area contributed by atoms with E-state index in [1.807, 2.05) is 11.9 Å². The molecule has 2 aromatic carbocycles. The zero-order chi connectivity index (χ0) is 19.8. The predicted octanol–water partition coefficient (Wildman–Crippen LogP) is 2.54. The van der Waals surface area contributed by atoms with Crippen molar-refractivity contribution in [1.29, 1.82) is 0 Å². The van der Waals surface area contributed by atoms with Crippen LogP contribution in [0.25, 0.3) is 0 Å². The van der Waals surface area contributed by atoms with Crippen molar-refractivity contribution in [2.24, 2.45) is 0 Å². The molecule has 144 valence electrons. The van der Waals surface area contributed by atoms with Gasteiger partial charge < -0.3 is 5.32 Å². The number of hydrogen-bond acceptors (Lipinski definition) is 4. The maximum absolute atomic E-state index is 13.7. The normalized spacial score (nSPS) is 20.6. The fourth-order valence-corrected chi connectivity index (χ4v) is 4.39. The first-order valence-corrected chi connectivity index (χ1v) is 10.3. The van der Waals surface area contributed by atoms with Crippen molar-refractivity contribution in [3.63, 3.8) is 0 Å². The van der Waals surface area contributed by atoms with Crippen molar-refractivity contribution in [3.8, 4) is 0 Å². The molecule has 0 unspecified atom stereocenters. The van der Waals surface area contributed by atoms with Gasteiger partial charge in [0.15, 0.2) is 21.5 Å². The van der Waals surface area contributed by atoms with E-state index in [4.69, 9.17) is 0 Å². The second-order valence-electron chi connectivity index (χ2n) is 6.74. The molecule has 3 rings (SSSR count). The van der Waals surface area contributed by atoms with Gasteiger partial charge in [0.1, 0.15) is 0 Å². The molecule has 0 aliphatic carbocycles. The summed E-state index contributed by atoms with van der Waals surface area (Å²) in [7, 11) is -1.73. The van der Waals surface area contributed by atoms with E-state index >= 15 is 0 Å². The maximum Gasteiger partial charge on any atom is 0.252 e. The average Bonchev–Trinajstić information content (AvgIpc) is 2.97. The molecule has 5 nitrogen and oxygen atoms in total. The molecule has 0 aromatic heterocycles. The molecule has 0 spiro atoms. The molecule has 1 N–H and O–H groups in total. The smallest absolute Gasteiger partial charge is 0.252 e. The predicted molar refractivity (Wildman–Crippen MR) is 97.2 cm³/mol. The van der Waals surface area contributed by atoms with Crippen LogP contribution < -0.4 is 5.32 Å². The second-order valence-corrected chi connectivity index (χ2v) is 8.72. The number of halogens is 2. The van der Waals surface area contributed by atoms with Crippen LogP contribution in [0.2, 0.25) is 0 Å². The number of benzene rings is 2. The number of carbonyl (C=O) groups is 1. The standard InChI is InChI=1S/C19H20F2N2O3S/c1-23-10-9-16(18(23)12-7-8-14(20)15(21)11-12)22-19(24)13-5-3-4-6-17(13)27(2,25)26/h3-8,11,16,18H,9-10H2,1-2H3,(H,22,24)/t16-,18-/m1/s1. The fraction of sp³-hybridized carbons (Fsp3) is 0.316. The highest BCUT2D eigenvalue weighted by atomic mass is 32.2. The zero-order valence-corrected chi connectivity index (χ0v) is 15.8. The van der Waals surface area contributed by atoms with Crippen LogP contribution in [0.3, 0.4) is 0 Å². The molecule has 2 atom stereocenters. The number of amides is 1. The summed E-state index contributed by atoms with van der Waals surface area (Å²) >= 11 is 0. The van der Waals surface area contributed by atoms with Gasteiger partial charge in [0.2, 0.25) is 0 Å². The number of carbonyl (C=O) groups excluding carboxylic acids is 1. The van der Waals surface area contributed by atoms with Crippen molar-refractivity contribution in [3.05, 3.63) is 65.2 Å². The molecule has 1 aliphatic rings. The van der Waals surface area contributed by atoms with Gasteiger partial charge in [-0.3, -0.25) is 9.69 Å². The lowest BCUT2D eigenvalue weighted by molar-refractivity contribution is 0.0924. The lowest BCUT2D eigenvalue weighted by Gasteiger charge is -2.26. The first kappa shape index (κ1) is 19.4. The molecule has 0 radical (unpaired) electrons. The molecule has 1 amide bonds. The number of rotatable bonds is 4. The van der Waals surface area contributed by atoms with Gasteiger partial charge in [0, 0.05) is 12.8 Å². The van der Waals surface area contributed by atoms with E-state index in [2.05, 4.69) is 5.32 Å². The summed E-state index contributed by atoms with van der Waals surface area (Å²) in [6, 6.07) is 8.98. The molecular weight excluding hydrogens is 374 g/mol. The van der Waals surface area contributed by atoms with Crippen molar-refractivity contribution in [2.45, 2.75) is 23.4 Å². The lowest BCUT2D eigenvalue weighted by Crippen LogP contribution is -2.39. The Bertz CT molecular complexity index is 979. The van der Waals surface area contributed by atoms with Crippen LogP contribution in [0.1, 0.15) is 28.4 Å². The van der Waals surface area contributed by atoms with Crippen LogP contribution in [0.15, 0.2) is 47.4 Å². The van der Waals surface area contributed by atoms with Crippen molar-refractivity contribution >= 4 is 15.7 Å². The van der Waals surface area contributed by atoms with E-state index in [1.54, 1.807) is 12.1 Å². The zero-order valence-electron chi connectivity index (χ0n) is 14.9. The van der Waals surface area contributed by atoms with E-state index in [0.717, 1.165) is 18.4 Å². The Morgan fingerprint density at radius 1 is 1.15 bits per heavy atom. The highest BCUT2D eigenvalue weighted by Crippen LogP contribution is 2.32. The number of nitrogens with zero attached hydrogens (tertiary/aromatic N) is 1. The van der Waals surface area contributed by atoms with Crippen molar-refractivity contribution in [1.82, 2.24) is 10.2 Å². The summed E-state index contributed by atoms with van der Waals surface area (Å²) in [6.07, 6.45) is 1.65. The minimum absolute atomic E-state index is 0.0433. The molecular formula is C19H20F2N2O3S. The SMILES string of the molecule is CN1CC[C@@H](NC(=O)c2ccccc2S(C)(=O)=O)[C@H]1c1ccc(F)c(F)c1. The first-order chi connectivity index (χ1) is 12.7. The second kappa shape index (κ2) is 7.36. The third-order valence-corrected chi connectivity index (χ3v) is 5.94. The van der Waals surface area contributed by atoms with E-state index in [1.165, 1.54) is 18.2 Å². The third-order valence-electron chi connectivity index (χ3n) is 4.78. The Balaban J connectivity index is 1.88. The summed E-state index contributed by atoms with van der Waals surface area (Å²) in [6.45, 7) is 0.655. The molecule has 0 bridgehead atoms. The molecule has 1 heterocycles. The van der Waals surface area contributed by atoms with Crippen LogP contribution in [0.5, 0.6) is 0 Å². The van der Waals surface area contributed by atoms with Gasteiger partial charge in [0.05, 0.1) is 22.5 Å². The Hall–Kier alpha value is -2.32. The monoisotopic (exact) mass is 394 g/mol. The Morgan fingerprint density at radius 3 is 2.52 bits per heavy atom.